The lowest BCUT2D eigenvalue weighted by atomic mass is 9.82. The van der Waals surface area contributed by atoms with Gasteiger partial charge in [0.1, 0.15) is 6.54 Å². The lowest BCUT2D eigenvalue weighted by Crippen LogP contribution is -2.27. The third kappa shape index (κ3) is 5.06. The molecule has 1 saturated carbocycles. The minimum atomic E-state index is -0.131. The van der Waals surface area contributed by atoms with E-state index in [0.717, 1.165) is 40.6 Å². The van der Waals surface area contributed by atoms with Crippen molar-refractivity contribution in [2.45, 2.75) is 57.5 Å². The van der Waals surface area contributed by atoms with E-state index in [0.29, 0.717) is 11.5 Å². The molecule has 2 aromatic carbocycles. The molecule has 2 aromatic heterocycles. The predicted octanol–water partition coefficient (Wildman–Crippen LogP) is 6.53. The molecule has 1 fully saturated rings. The van der Waals surface area contributed by atoms with Crippen LogP contribution < -0.4 is 5.32 Å². The van der Waals surface area contributed by atoms with E-state index < -0.39 is 0 Å². The highest BCUT2D eigenvalue weighted by Crippen LogP contribution is 2.44. The van der Waals surface area contributed by atoms with Crippen molar-refractivity contribution >= 4 is 22.7 Å². The summed E-state index contributed by atoms with van der Waals surface area (Å²) in [5, 5.41) is 4.24. The fourth-order valence-corrected chi connectivity index (χ4v) is 5.58. The molecule has 1 aliphatic carbocycles. The van der Waals surface area contributed by atoms with Gasteiger partial charge in [-0.3, -0.25) is 9.59 Å². The minimum Gasteiger partial charge on any atom is -0.472 e. The summed E-state index contributed by atoms with van der Waals surface area (Å²) >= 11 is 0. The van der Waals surface area contributed by atoms with Crippen LogP contribution >= 0.6 is 0 Å². The maximum absolute atomic E-state index is 13.3. The number of furan rings is 1. The molecule has 2 amide bonds. The summed E-state index contributed by atoms with van der Waals surface area (Å²) in [6.07, 6.45) is 9.36. The number of carbonyl (C=O) groups excluding carboxylic acids is 2. The van der Waals surface area contributed by atoms with Gasteiger partial charge in [0.2, 0.25) is 5.91 Å². The normalized spacial score (nSPS) is 15.0. The van der Waals surface area contributed by atoms with Crippen LogP contribution in [0.4, 0.5) is 0 Å². The summed E-state index contributed by atoms with van der Waals surface area (Å²) < 4.78 is 7.58. The summed E-state index contributed by atoms with van der Waals surface area (Å²) in [5.74, 6) is 0.285. The average Bonchev–Trinajstić information content (AvgIpc) is 3.55. The van der Waals surface area contributed by atoms with E-state index in [1.54, 1.807) is 31.5 Å². The second-order valence-electron chi connectivity index (χ2n) is 10.3. The Kier molecular flexibility index (Phi) is 7.17. The Morgan fingerprint density at radius 1 is 1.05 bits per heavy atom. The zero-order chi connectivity index (χ0) is 25.9. The molecule has 37 heavy (non-hydrogen) atoms. The number of nitrogens with zero attached hydrogens (tertiary/aromatic N) is 2. The monoisotopic (exact) mass is 497 g/mol. The van der Waals surface area contributed by atoms with Crippen LogP contribution in [0.1, 0.15) is 72.5 Å². The van der Waals surface area contributed by atoms with Gasteiger partial charge in [0, 0.05) is 30.6 Å². The van der Waals surface area contributed by atoms with Crippen molar-refractivity contribution in [3.63, 3.8) is 0 Å². The molecule has 4 aromatic rings. The standard InChI is InChI=1S/C31H35N3O3/c1-21(22-10-6-4-7-11-22)32-31(36)24-14-15-26-27(18-24)34(19-28(35)33(2)3)30(25-16-17-37-20-25)29(26)23-12-8-5-9-13-23/h4,6-7,10-11,14-18,20-21,23H,5,8-9,12-13,19H2,1-3H3,(H,32,36)/t21-/m1/s1. The maximum Gasteiger partial charge on any atom is 0.251 e. The number of likely N-dealkylation sites (N-methyl/N-ethyl adjacent to an activating group) is 1. The molecule has 6 nitrogen and oxygen atoms in total. The van der Waals surface area contributed by atoms with Gasteiger partial charge in [0.05, 0.1) is 29.8 Å². The Hall–Kier alpha value is -3.80. The van der Waals surface area contributed by atoms with E-state index in [1.165, 1.54) is 24.8 Å². The van der Waals surface area contributed by atoms with E-state index in [1.807, 2.05) is 55.5 Å². The number of amides is 2. The second-order valence-corrected chi connectivity index (χ2v) is 10.3. The molecule has 2 heterocycles. The molecule has 0 unspecified atom stereocenters. The molecule has 0 bridgehead atoms. The number of aromatic nitrogens is 1. The summed E-state index contributed by atoms with van der Waals surface area (Å²) in [6, 6.07) is 17.7. The number of nitrogens with one attached hydrogen (secondary N) is 1. The van der Waals surface area contributed by atoms with Gasteiger partial charge in [-0.25, -0.2) is 0 Å². The molecule has 1 atom stereocenters. The van der Waals surface area contributed by atoms with Crippen LogP contribution in [0.25, 0.3) is 22.2 Å². The first kappa shape index (κ1) is 24.9. The zero-order valence-electron chi connectivity index (χ0n) is 21.9. The Morgan fingerprint density at radius 3 is 2.49 bits per heavy atom. The van der Waals surface area contributed by atoms with Crippen molar-refractivity contribution in [1.82, 2.24) is 14.8 Å². The van der Waals surface area contributed by atoms with Gasteiger partial charge in [-0.2, -0.15) is 0 Å². The van der Waals surface area contributed by atoms with Crippen LogP contribution in [0.3, 0.4) is 0 Å². The fourth-order valence-electron chi connectivity index (χ4n) is 5.58. The quantitative estimate of drug-likeness (QED) is 0.316. The number of rotatable bonds is 7. The van der Waals surface area contributed by atoms with Crippen LogP contribution in [0.15, 0.2) is 71.5 Å². The second kappa shape index (κ2) is 10.7. The van der Waals surface area contributed by atoms with Gasteiger partial charge in [-0.15, -0.1) is 0 Å². The first-order valence-corrected chi connectivity index (χ1v) is 13.2. The summed E-state index contributed by atoms with van der Waals surface area (Å²) in [4.78, 5) is 27.9. The first-order chi connectivity index (χ1) is 17.9. The van der Waals surface area contributed by atoms with Gasteiger partial charge in [-0.05, 0) is 55.0 Å². The molecule has 5 rings (SSSR count). The number of benzene rings is 2. The summed E-state index contributed by atoms with van der Waals surface area (Å²) in [5.41, 5.74) is 5.81. The van der Waals surface area contributed by atoms with Gasteiger partial charge in [0.25, 0.3) is 5.91 Å². The van der Waals surface area contributed by atoms with Crippen molar-refractivity contribution in [3.05, 3.63) is 83.8 Å². The first-order valence-electron chi connectivity index (χ1n) is 13.2. The maximum atomic E-state index is 13.3. The molecule has 1 aliphatic rings. The van der Waals surface area contributed by atoms with E-state index in [4.69, 9.17) is 4.42 Å². The highest BCUT2D eigenvalue weighted by molar-refractivity contribution is 6.01. The Morgan fingerprint density at radius 2 is 1.81 bits per heavy atom. The minimum absolute atomic E-state index is 0.00407. The highest BCUT2D eigenvalue weighted by Gasteiger charge is 2.28. The molecule has 0 saturated heterocycles. The molecule has 0 aliphatic heterocycles. The zero-order valence-corrected chi connectivity index (χ0v) is 21.9. The third-order valence-electron chi connectivity index (χ3n) is 7.61. The lowest BCUT2D eigenvalue weighted by molar-refractivity contribution is -0.129. The van der Waals surface area contributed by atoms with Crippen molar-refractivity contribution in [1.29, 1.82) is 0 Å². The molecule has 6 heteroatoms. The van der Waals surface area contributed by atoms with Gasteiger partial charge in [0.15, 0.2) is 0 Å². The molecule has 0 spiro atoms. The van der Waals surface area contributed by atoms with Gasteiger partial charge in [-0.1, -0.05) is 55.7 Å². The number of hydrogen-bond acceptors (Lipinski definition) is 3. The third-order valence-corrected chi connectivity index (χ3v) is 7.61. The Labute approximate surface area is 218 Å². The molecule has 192 valence electrons. The van der Waals surface area contributed by atoms with Crippen molar-refractivity contribution in [2.24, 2.45) is 0 Å². The van der Waals surface area contributed by atoms with Crippen molar-refractivity contribution < 1.29 is 14.0 Å². The number of carbonyl (C=O) groups is 2. The summed E-state index contributed by atoms with van der Waals surface area (Å²) in [7, 11) is 3.55. The molecule has 1 N–H and O–H groups in total. The van der Waals surface area contributed by atoms with Crippen LogP contribution in [0, 0.1) is 0 Å². The average molecular weight is 498 g/mol. The number of fused-ring (bicyclic) bond motifs is 1. The van der Waals surface area contributed by atoms with Crippen LogP contribution in [0.2, 0.25) is 0 Å². The molecular weight excluding hydrogens is 462 g/mol. The molecule has 0 radical (unpaired) electrons. The smallest absolute Gasteiger partial charge is 0.251 e. The van der Waals surface area contributed by atoms with E-state index >= 15 is 0 Å². The highest BCUT2D eigenvalue weighted by atomic mass is 16.3. The van der Waals surface area contributed by atoms with E-state index in [2.05, 4.69) is 16.0 Å². The van der Waals surface area contributed by atoms with Crippen molar-refractivity contribution in [3.8, 4) is 11.3 Å². The number of hydrogen-bond donors (Lipinski definition) is 1. The lowest BCUT2D eigenvalue weighted by Gasteiger charge is -2.23. The Balaban J connectivity index is 1.62. The van der Waals surface area contributed by atoms with Crippen molar-refractivity contribution in [2.75, 3.05) is 14.1 Å². The van der Waals surface area contributed by atoms with E-state index in [-0.39, 0.29) is 24.4 Å². The van der Waals surface area contributed by atoms with Gasteiger partial charge < -0.3 is 19.2 Å². The van der Waals surface area contributed by atoms with Gasteiger partial charge >= 0.3 is 0 Å². The topological polar surface area (TPSA) is 67.5 Å². The largest absolute Gasteiger partial charge is 0.472 e. The Bertz CT molecular complexity index is 1380. The van der Waals surface area contributed by atoms with Crippen LogP contribution in [-0.4, -0.2) is 35.4 Å². The predicted molar refractivity (Wildman–Crippen MR) is 146 cm³/mol. The van der Waals surface area contributed by atoms with E-state index in [9.17, 15) is 9.59 Å². The fraction of sp³-hybridized carbons (Fsp3) is 0.355. The molecular formula is C31H35N3O3. The summed E-state index contributed by atoms with van der Waals surface area (Å²) in [6.45, 7) is 2.19. The SMILES string of the molecule is C[C@@H](NC(=O)c1ccc2c(C3CCCCC3)c(-c3ccoc3)n(CC(=O)N(C)C)c2c1)c1ccccc1. The van der Waals surface area contributed by atoms with Crippen LogP contribution in [0.5, 0.6) is 0 Å². The van der Waals surface area contributed by atoms with Crippen LogP contribution in [-0.2, 0) is 11.3 Å².